The van der Waals surface area contributed by atoms with Gasteiger partial charge in [0.2, 0.25) is 0 Å². The summed E-state index contributed by atoms with van der Waals surface area (Å²) in [5, 5.41) is 11.5. The highest BCUT2D eigenvalue weighted by Crippen LogP contribution is 2.66. The van der Waals surface area contributed by atoms with Gasteiger partial charge < -0.3 is 23.2 Å². The largest absolute Gasteiger partial charge is 0.454 e. The molecule has 0 saturated carbocycles. The van der Waals surface area contributed by atoms with Crippen LogP contribution in [0.15, 0.2) is 258 Å². The van der Waals surface area contributed by atoms with E-state index in [1.807, 2.05) is 0 Å². The Morgan fingerprint density at radius 3 is 1.21 bits per heavy atom. The summed E-state index contributed by atoms with van der Waals surface area (Å²) in [4.78, 5) is 5.00. The molecule has 0 radical (unpaired) electrons. The third-order valence-electron chi connectivity index (χ3n) is 20.1. The van der Waals surface area contributed by atoms with Gasteiger partial charge in [0.1, 0.15) is 11.2 Å². The first-order valence-corrected chi connectivity index (χ1v) is 31.7. The van der Waals surface area contributed by atoms with Crippen molar-refractivity contribution >= 4 is 121 Å². The molecule has 2 aliphatic rings. The van der Waals surface area contributed by atoms with E-state index in [9.17, 15) is 0 Å². The summed E-state index contributed by atoms with van der Waals surface area (Å²) >= 11 is 0. The molecule has 432 valence electrons. The van der Waals surface area contributed by atoms with Gasteiger partial charge >= 0.3 is 0 Å². The fourth-order valence-corrected chi connectivity index (χ4v) is 15.9. The fourth-order valence-electron chi connectivity index (χ4n) is 15.9. The summed E-state index contributed by atoms with van der Waals surface area (Å²) in [7, 11) is 0. The van der Waals surface area contributed by atoms with Crippen molar-refractivity contribution < 1.29 is 8.83 Å². The SMILES string of the molecule is Cc1cccc2c1oc1c(N(c3ccc(C(C)(C)C)cc3)c3cc4c(c5ccccc35)-c3c(cc(N(c5ccc(C(C)(C)C)cc5)c5cccc6c5oc5c(C)cccc56)c5ccccc35)C43c4ccccc4-n4c5ccccc5c5cccc3c54)cccc12. The number of nitrogens with zero attached hydrogens (tertiary/aromatic N) is 3. The number of hydrogen-bond acceptors (Lipinski definition) is 4. The van der Waals surface area contributed by atoms with Crippen LogP contribution < -0.4 is 9.80 Å². The standard InChI is InChI=1S/C85H65N3O2/c1-50-22-17-30-62-64-32-20-38-72(81(64)89-79(50)62)86(54-44-40-52(41-45-54)83(3,4)5)74-48-68-76(59-27-11-9-24-56(59)74)77-60-28-12-10-25-57(60)75(49-69(77)85(68)66-34-14-16-37-71(66)88-70-36-15-13-26-58(70)61-29-19-35-67(85)78(61)88)87(55-46-42-53(43-47-55)84(6,7)8)73-39-21-33-65-63-31-18-23-51(2)80(63)90-82(65)73/h9-49H,1-8H3. The second kappa shape index (κ2) is 18.7. The topological polar surface area (TPSA) is 37.7 Å². The van der Waals surface area contributed by atoms with E-state index in [4.69, 9.17) is 8.83 Å². The molecule has 0 bridgehead atoms. The third-order valence-corrected chi connectivity index (χ3v) is 20.1. The summed E-state index contributed by atoms with van der Waals surface area (Å²) in [5.41, 5.74) is 24.4. The Labute approximate surface area is 523 Å². The van der Waals surface area contributed by atoms with Gasteiger partial charge in [-0.1, -0.05) is 230 Å². The molecule has 1 aliphatic heterocycles. The van der Waals surface area contributed by atoms with Crippen LogP contribution >= 0.6 is 0 Å². The molecule has 0 amide bonds. The number of rotatable bonds is 6. The zero-order chi connectivity index (χ0) is 60.7. The Hall–Kier alpha value is -10.6. The molecule has 0 saturated heterocycles. The average molecular weight is 1160 g/mol. The van der Waals surface area contributed by atoms with Crippen LogP contribution in [0.3, 0.4) is 0 Å². The fraction of sp³-hybridized carbons (Fsp3) is 0.129. The van der Waals surface area contributed by atoms with E-state index in [0.717, 1.165) is 99.9 Å². The second-order valence-electron chi connectivity index (χ2n) is 27.2. The van der Waals surface area contributed by atoms with Gasteiger partial charge in [-0.15, -0.1) is 0 Å². The van der Waals surface area contributed by atoms with Crippen molar-refractivity contribution in [2.45, 2.75) is 71.6 Å². The second-order valence-corrected chi connectivity index (χ2v) is 27.2. The Morgan fingerprint density at radius 1 is 0.322 bits per heavy atom. The number of furan rings is 2. The minimum Gasteiger partial charge on any atom is -0.454 e. The van der Waals surface area contributed by atoms with Crippen molar-refractivity contribution in [1.82, 2.24) is 4.57 Å². The molecule has 0 unspecified atom stereocenters. The first kappa shape index (κ1) is 52.5. The van der Waals surface area contributed by atoms with Crippen LogP contribution in [-0.4, -0.2) is 4.57 Å². The highest BCUT2D eigenvalue weighted by Gasteiger charge is 2.53. The molecule has 5 heteroatoms. The van der Waals surface area contributed by atoms with E-state index >= 15 is 0 Å². The van der Waals surface area contributed by atoms with Gasteiger partial charge in [-0.3, -0.25) is 0 Å². The molecule has 18 rings (SSSR count). The molecule has 5 nitrogen and oxygen atoms in total. The number of anilines is 6. The molecular formula is C85H65N3O2. The van der Waals surface area contributed by atoms with E-state index in [1.54, 1.807) is 0 Å². The van der Waals surface area contributed by atoms with Gasteiger partial charge in [0.05, 0.1) is 44.9 Å². The van der Waals surface area contributed by atoms with Gasteiger partial charge in [-0.05, 0) is 152 Å². The van der Waals surface area contributed by atoms with Crippen LogP contribution in [0.25, 0.3) is 104 Å². The van der Waals surface area contributed by atoms with Gasteiger partial charge in [0.15, 0.2) is 11.2 Å². The lowest BCUT2D eigenvalue weighted by Gasteiger charge is -2.40. The van der Waals surface area contributed by atoms with Gasteiger partial charge in [0.25, 0.3) is 0 Å². The van der Waals surface area contributed by atoms with Gasteiger partial charge in [0, 0.05) is 54.5 Å². The van der Waals surface area contributed by atoms with Crippen LogP contribution in [0.4, 0.5) is 34.1 Å². The van der Waals surface area contributed by atoms with Crippen LogP contribution in [0.5, 0.6) is 0 Å². The quantitative estimate of drug-likeness (QED) is 0.166. The zero-order valence-corrected chi connectivity index (χ0v) is 51.8. The average Bonchev–Trinajstić information content (AvgIpc) is 1.46. The minimum atomic E-state index is -0.892. The molecular weight excluding hydrogens is 1090 g/mol. The summed E-state index contributed by atoms with van der Waals surface area (Å²) in [5.74, 6) is 0. The minimum absolute atomic E-state index is 0.0549. The maximum absolute atomic E-state index is 7.21. The van der Waals surface area contributed by atoms with Crippen LogP contribution in [-0.2, 0) is 16.2 Å². The number of benzene rings is 13. The van der Waals surface area contributed by atoms with Crippen LogP contribution in [0.2, 0.25) is 0 Å². The van der Waals surface area contributed by atoms with Crippen LogP contribution in [0.1, 0.15) is 86.1 Å². The molecule has 4 heterocycles. The zero-order valence-electron chi connectivity index (χ0n) is 51.8. The molecule has 0 fully saturated rings. The number of aryl methyl sites for hydroxylation is 2. The van der Waals surface area contributed by atoms with E-state index in [-0.39, 0.29) is 10.8 Å². The first-order valence-electron chi connectivity index (χ1n) is 31.7. The lowest BCUT2D eigenvalue weighted by atomic mass is 9.65. The molecule has 90 heavy (non-hydrogen) atoms. The summed E-state index contributed by atoms with van der Waals surface area (Å²) in [6.45, 7) is 18.1. The normalized spacial score (nSPS) is 13.4. The van der Waals surface area contributed by atoms with E-state index in [1.165, 1.54) is 82.8 Å². The van der Waals surface area contributed by atoms with Gasteiger partial charge in [-0.2, -0.15) is 0 Å². The first-order chi connectivity index (χ1) is 43.8. The Bertz CT molecular complexity index is 5450. The van der Waals surface area contributed by atoms with Crippen molar-refractivity contribution in [3.05, 3.63) is 293 Å². The van der Waals surface area contributed by atoms with Crippen molar-refractivity contribution in [2.24, 2.45) is 0 Å². The molecule has 0 atom stereocenters. The van der Waals surface area contributed by atoms with E-state index in [2.05, 4.69) is 318 Å². The molecule has 0 N–H and O–H groups in total. The van der Waals surface area contributed by atoms with Crippen molar-refractivity contribution in [3.63, 3.8) is 0 Å². The predicted molar refractivity (Wildman–Crippen MR) is 377 cm³/mol. The van der Waals surface area contributed by atoms with Crippen molar-refractivity contribution in [1.29, 1.82) is 0 Å². The van der Waals surface area contributed by atoms with Crippen molar-refractivity contribution in [3.8, 4) is 16.8 Å². The molecule has 16 aromatic rings. The highest BCUT2D eigenvalue weighted by atomic mass is 16.3. The molecule has 1 aliphatic carbocycles. The number of fused-ring (bicyclic) bond motifs is 22. The smallest absolute Gasteiger partial charge is 0.159 e. The monoisotopic (exact) mass is 1160 g/mol. The van der Waals surface area contributed by atoms with Crippen molar-refractivity contribution in [2.75, 3.05) is 9.80 Å². The Morgan fingerprint density at radius 2 is 0.711 bits per heavy atom. The summed E-state index contributed by atoms with van der Waals surface area (Å²) < 4.78 is 17.0. The predicted octanol–water partition coefficient (Wildman–Crippen LogP) is 23.7. The number of aromatic nitrogens is 1. The maximum Gasteiger partial charge on any atom is 0.159 e. The lowest BCUT2D eigenvalue weighted by Crippen LogP contribution is -2.34. The van der Waals surface area contributed by atoms with E-state index in [0.29, 0.717) is 0 Å². The maximum atomic E-state index is 7.21. The highest BCUT2D eigenvalue weighted by molar-refractivity contribution is 6.22. The number of hydrogen-bond donors (Lipinski definition) is 0. The molecule has 1 spiro atoms. The summed E-state index contributed by atoms with van der Waals surface area (Å²) in [6.07, 6.45) is 0. The van der Waals surface area contributed by atoms with Gasteiger partial charge in [-0.25, -0.2) is 0 Å². The van der Waals surface area contributed by atoms with Crippen LogP contribution in [0, 0.1) is 13.8 Å². The molecule has 13 aromatic carbocycles. The summed E-state index contributed by atoms with van der Waals surface area (Å²) in [6, 6.07) is 93.8. The third kappa shape index (κ3) is 7.14. The lowest BCUT2D eigenvalue weighted by molar-refractivity contribution is 0.590. The Kier molecular flexibility index (Phi) is 10.9. The Balaban J connectivity index is 1.02. The molecule has 3 aromatic heterocycles. The van der Waals surface area contributed by atoms with E-state index < -0.39 is 5.41 Å². The number of para-hydroxylation sites is 7.